The van der Waals surface area contributed by atoms with E-state index in [2.05, 4.69) is 55.4 Å². The molecule has 0 saturated carbocycles. The largest absolute Gasteiger partial charge is 0.472 e. The van der Waals surface area contributed by atoms with Gasteiger partial charge in [-0.25, -0.2) is 9.13 Å². The Hall–Kier alpha value is -1.94. The number of hydrogen-bond donors (Lipinski definition) is 3. The number of ether oxygens (including phenoxy) is 4. The van der Waals surface area contributed by atoms with Crippen LogP contribution in [0, 0.1) is 23.7 Å². The quantitative estimate of drug-likeness (QED) is 0.0222. The molecule has 0 radical (unpaired) electrons. The van der Waals surface area contributed by atoms with Crippen LogP contribution >= 0.6 is 15.6 Å². The van der Waals surface area contributed by atoms with Crippen LogP contribution in [0.1, 0.15) is 312 Å². The highest BCUT2D eigenvalue weighted by molar-refractivity contribution is 7.47. The lowest BCUT2D eigenvalue weighted by Crippen LogP contribution is -2.30. The predicted octanol–water partition coefficient (Wildman–Crippen LogP) is 17.8. The number of phosphoric acid groups is 2. The number of rotatable bonds is 62. The number of carbonyl (C=O) groups excluding carboxylic acids is 4. The van der Waals surface area contributed by atoms with Crippen molar-refractivity contribution in [2.75, 3.05) is 39.6 Å². The molecule has 0 aliphatic rings. The van der Waals surface area contributed by atoms with Gasteiger partial charge in [-0.3, -0.25) is 37.3 Å². The van der Waals surface area contributed by atoms with Gasteiger partial charge in [0, 0.05) is 25.7 Å². The number of aliphatic hydroxyl groups excluding tert-OH is 1. The molecular weight excluding hydrogens is 1110 g/mol. The molecule has 84 heavy (non-hydrogen) atoms. The van der Waals surface area contributed by atoms with Gasteiger partial charge in [-0.15, -0.1) is 0 Å². The number of carbonyl (C=O) groups is 4. The zero-order valence-electron chi connectivity index (χ0n) is 54.5. The van der Waals surface area contributed by atoms with Crippen molar-refractivity contribution in [3.63, 3.8) is 0 Å². The summed E-state index contributed by atoms with van der Waals surface area (Å²) >= 11 is 0. The molecule has 0 saturated heterocycles. The van der Waals surface area contributed by atoms with Crippen molar-refractivity contribution in [1.82, 2.24) is 0 Å². The second-order valence-corrected chi connectivity index (χ2v) is 27.6. The summed E-state index contributed by atoms with van der Waals surface area (Å²) in [6.45, 7) is 14.0. The Kier molecular flexibility index (Phi) is 53.9. The number of unbranched alkanes of at least 4 members (excludes halogenated alkanes) is 25. The first-order chi connectivity index (χ1) is 40.2. The molecule has 8 atom stereocenters. The van der Waals surface area contributed by atoms with E-state index in [0.717, 1.165) is 126 Å². The molecule has 0 aromatic carbocycles. The highest BCUT2D eigenvalue weighted by Crippen LogP contribution is 2.45. The summed E-state index contributed by atoms with van der Waals surface area (Å²) in [4.78, 5) is 72.3. The highest BCUT2D eigenvalue weighted by atomic mass is 31.2. The zero-order chi connectivity index (χ0) is 62.5. The molecule has 0 rings (SSSR count). The smallest absolute Gasteiger partial charge is 0.462 e. The SMILES string of the molecule is CCC(C)CCCCCCCCC(=O)OC[C@H](COP(=O)(O)OC[C@@H](O)COP(=O)(O)OC[C@@H](COC(=O)CCCCCCCCC(C)CC)OC(=O)CCCCCCCCC(C)CC)OC(=O)CCCCCCCCCCCCCC(C)C. The average Bonchev–Trinajstić information content (AvgIpc) is 3.46. The minimum Gasteiger partial charge on any atom is -0.462 e. The number of phosphoric ester groups is 2. The van der Waals surface area contributed by atoms with E-state index in [4.69, 9.17) is 37.0 Å². The van der Waals surface area contributed by atoms with Gasteiger partial charge in [0.2, 0.25) is 0 Å². The summed E-state index contributed by atoms with van der Waals surface area (Å²) in [7, 11) is -9.89. The molecular formula is C65H126O17P2. The lowest BCUT2D eigenvalue weighted by molar-refractivity contribution is -0.161. The van der Waals surface area contributed by atoms with Crippen molar-refractivity contribution in [3.05, 3.63) is 0 Å². The molecule has 0 aromatic rings. The predicted molar refractivity (Wildman–Crippen MR) is 335 cm³/mol. The van der Waals surface area contributed by atoms with E-state index in [1.807, 2.05) is 0 Å². The molecule has 5 unspecified atom stereocenters. The third-order valence-corrected chi connectivity index (χ3v) is 17.8. The molecule has 0 bridgehead atoms. The number of aliphatic hydroxyl groups is 1. The van der Waals surface area contributed by atoms with Gasteiger partial charge in [0.05, 0.1) is 26.4 Å². The Morgan fingerprint density at radius 2 is 0.571 bits per heavy atom. The van der Waals surface area contributed by atoms with Gasteiger partial charge in [0.25, 0.3) is 0 Å². The minimum absolute atomic E-state index is 0.101. The summed E-state index contributed by atoms with van der Waals surface area (Å²) in [5.74, 6) is 0.806. The van der Waals surface area contributed by atoms with Crippen LogP contribution in [-0.4, -0.2) is 96.7 Å². The van der Waals surface area contributed by atoms with Crippen molar-refractivity contribution >= 4 is 39.5 Å². The molecule has 3 N–H and O–H groups in total. The van der Waals surface area contributed by atoms with Crippen LogP contribution in [-0.2, 0) is 65.4 Å². The maximum absolute atomic E-state index is 13.0. The fourth-order valence-corrected chi connectivity index (χ4v) is 11.1. The van der Waals surface area contributed by atoms with E-state index in [-0.39, 0.29) is 25.7 Å². The topological polar surface area (TPSA) is 237 Å². The fraction of sp³-hybridized carbons (Fsp3) is 0.938. The van der Waals surface area contributed by atoms with Crippen LogP contribution in [0.5, 0.6) is 0 Å². The molecule has 0 amide bonds. The van der Waals surface area contributed by atoms with Crippen molar-refractivity contribution in [2.24, 2.45) is 23.7 Å². The minimum atomic E-state index is -4.95. The van der Waals surface area contributed by atoms with E-state index in [1.165, 1.54) is 103 Å². The Morgan fingerprint density at radius 3 is 0.845 bits per heavy atom. The summed E-state index contributed by atoms with van der Waals surface area (Å²) in [6.07, 6.45) is 34.9. The Bertz CT molecular complexity index is 1680. The van der Waals surface area contributed by atoms with Gasteiger partial charge >= 0.3 is 39.5 Å². The number of esters is 4. The number of hydrogen-bond acceptors (Lipinski definition) is 15. The van der Waals surface area contributed by atoms with E-state index < -0.39 is 97.5 Å². The standard InChI is InChI=1S/C65H126O17P2/c1-9-56(6)42-34-26-19-22-29-37-45-62(67)75-51-60(81-64(69)47-39-31-18-16-14-12-13-15-17-25-33-41-55(4)5)53-79-83(71,72)77-49-59(66)50-78-84(73,74)80-54-61(82-65(70)48-40-32-24-21-28-36-44-58(8)11-3)52-76-63(68)46-38-30-23-20-27-35-43-57(7)10-2/h55-61,66H,9-54H2,1-8H3,(H,71,72)(H,73,74)/t56?,57?,58?,59-,60-,61-/m1/s1. The van der Waals surface area contributed by atoms with E-state index >= 15 is 0 Å². The van der Waals surface area contributed by atoms with Gasteiger partial charge < -0.3 is 33.8 Å². The Morgan fingerprint density at radius 1 is 0.333 bits per heavy atom. The molecule has 498 valence electrons. The van der Waals surface area contributed by atoms with Crippen LogP contribution in [0.3, 0.4) is 0 Å². The fourth-order valence-electron chi connectivity index (χ4n) is 9.51. The summed E-state index contributed by atoms with van der Waals surface area (Å²) in [5, 5.41) is 10.5. The molecule has 0 aromatic heterocycles. The van der Waals surface area contributed by atoms with Gasteiger partial charge in [0.1, 0.15) is 19.3 Å². The molecule has 0 spiro atoms. The summed E-state index contributed by atoms with van der Waals surface area (Å²) < 4.78 is 68.0. The first-order valence-corrected chi connectivity index (χ1v) is 36.8. The lowest BCUT2D eigenvalue weighted by atomic mass is 10.00. The van der Waals surface area contributed by atoms with Crippen LogP contribution < -0.4 is 0 Å². The first kappa shape index (κ1) is 82.1. The van der Waals surface area contributed by atoms with Crippen molar-refractivity contribution in [2.45, 2.75) is 331 Å². The van der Waals surface area contributed by atoms with Crippen LogP contribution in [0.4, 0.5) is 0 Å². The van der Waals surface area contributed by atoms with Gasteiger partial charge in [-0.2, -0.15) is 0 Å². The highest BCUT2D eigenvalue weighted by Gasteiger charge is 2.30. The third kappa shape index (κ3) is 55.4. The van der Waals surface area contributed by atoms with Crippen LogP contribution in [0.2, 0.25) is 0 Å². The maximum Gasteiger partial charge on any atom is 0.472 e. The molecule has 0 heterocycles. The second-order valence-electron chi connectivity index (χ2n) is 24.7. The van der Waals surface area contributed by atoms with Crippen molar-refractivity contribution in [3.8, 4) is 0 Å². The van der Waals surface area contributed by atoms with Crippen LogP contribution in [0.25, 0.3) is 0 Å². The average molecular weight is 1240 g/mol. The van der Waals surface area contributed by atoms with Crippen LogP contribution in [0.15, 0.2) is 0 Å². The van der Waals surface area contributed by atoms with E-state index in [9.17, 15) is 43.2 Å². The summed E-state index contributed by atoms with van der Waals surface area (Å²) in [5.41, 5.74) is 0. The Labute approximate surface area is 511 Å². The van der Waals surface area contributed by atoms with Crippen molar-refractivity contribution < 1.29 is 80.2 Å². The van der Waals surface area contributed by atoms with Crippen molar-refractivity contribution in [1.29, 1.82) is 0 Å². The second kappa shape index (κ2) is 55.2. The summed E-state index contributed by atoms with van der Waals surface area (Å²) in [6, 6.07) is 0. The monoisotopic (exact) mass is 1240 g/mol. The van der Waals surface area contributed by atoms with Gasteiger partial charge in [-0.1, -0.05) is 261 Å². The zero-order valence-corrected chi connectivity index (χ0v) is 56.3. The Balaban J connectivity index is 5.26. The maximum atomic E-state index is 13.0. The lowest BCUT2D eigenvalue weighted by Gasteiger charge is -2.21. The van der Waals surface area contributed by atoms with Gasteiger partial charge in [0.15, 0.2) is 12.2 Å². The molecule has 0 aliphatic carbocycles. The van der Waals surface area contributed by atoms with E-state index in [0.29, 0.717) is 25.7 Å². The molecule has 0 fully saturated rings. The molecule has 19 heteroatoms. The first-order valence-electron chi connectivity index (χ1n) is 33.8. The molecule has 17 nitrogen and oxygen atoms in total. The third-order valence-electron chi connectivity index (χ3n) is 15.9. The van der Waals surface area contributed by atoms with E-state index in [1.54, 1.807) is 0 Å². The normalized spacial score (nSPS) is 15.4. The molecule has 0 aliphatic heterocycles. The van der Waals surface area contributed by atoms with Gasteiger partial charge in [-0.05, 0) is 49.4 Å².